The Morgan fingerprint density at radius 2 is 2.05 bits per heavy atom. The van der Waals surface area contributed by atoms with Gasteiger partial charge in [0.25, 0.3) is 0 Å². The van der Waals surface area contributed by atoms with Crippen molar-refractivity contribution in [2.45, 2.75) is 37.3 Å². The molecule has 0 saturated carbocycles. The minimum absolute atomic E-state index is 0.0723. The number of ether oxygens (including phenoxy) is 1. The monoisotopic (exact) mass is 336 g/mol. The smallest absolute Gasteiger partial charge is 0.237 e. The Labute approximate surface area is 138 Å². The molecule has 1 saturated heterocycles. The zero-order chi connectivity index (χ0) is 16.1. The number of carbonyl (C=O) groups excluding carboxylic acids is 1. The molecule has 2 heterocycles. The van der Waals surface area contributed by atoms with Gasteiger partial charge in [-0.1, -0.05) is 13.8 Å². The topological polar surface area (TPSA) is 51.2 Å². The number of nitrogens with zero attached hydrogens (tertiary/aromatic N) is 1. The maximum atomic E-state index is 12.3. The highest BCUT2D eigenvalue weighted by Gasteiger charge is 2.54. The van der Waals surface area contributed by atoms with E-state index < -0.39 is 9.62 Å². The summed E-state index contributed by atoms with van der Waals surface area (Å²) in [6.07, 6.45) is 0. The molecule has 1 N–H and O–H groups in total. The van der Waals surface area contributed by atoms with Gasteiger partial charge in [-0.25, -0.2) is 4.98 Å². The number of hydrogen-bond donors (Lipinski definition) is 1. The van der Waals surface area contributed by atoms with Gasteiger partial charge in [0.1, 0.15) is 15.6 Å². The molecule has 22 heavy (non-hydrogen) atoms. The normalized spacial score (nSPS) is 24.0. The van der Waals surface area contributed by atoms with Crippen LogP contribution in [-0.2, 0) is 9.67 Å². The lowest BCUT2D eigenvalue weighted by Crippen LogP contribution is -2.42. The molecule has 6 heteroatoms. The van der Waals surface area contributed by atoms with Gasteiger partial charge >= 0.3 is 0 Å². The third-order valence-corrected chi connectivity index (χ3v) is 7.06. The van der Waals surface area contributed by atoms with Crippen LogP contribution in [0.15, 0.2) is 18.2 Å². The van der Waals surface area contributed by atoms with Crippen LogP contribution in [0.25, 0.3) is 10.2 Å². The van der Waals surface area contributed by atoms with Crippen LogP contribution < -0.4 is 10.1 Å². The summed E-state index contributed by atoms with van der Waals surface area (Å²) in [5.41, 5.74) is 0.945. The fraction of sp³-hybridized carbons (Fsp3) is 0.500. The molecule has 0 aliphatic carbocycles. The van der Waals surface area contributed by atoms with Gasteiger partial charge in [0.05, 0.1) is 22.1 Å². The third-order valence-electron chi connectivity index (χ3n) is 3.99. The molecule has 0 radical (unpaired) electrons. The first-order valence-corrected chi connectivity index (χ1v) is 8.89. The molecule has 4 nitrogen and oxygen atoms in total. The number of fused-ring (bicyclic) bond motifs is 1. The Hall–Kier alpha value is -1.27. The molecule has 0 unspecified atom stereocenters. The molecular weight excluding hydrogens is 316 g/mol. The maximum Gasteiger partial charge on any atom is 0.237 e. The van der Waals surface area contributed by atoms with Crippen molar-refractivity contribution in [3.8, 4) is 5.75 Å². The number of aromatic nitrogens is 1. The quantitative estimate of drug-likeness (QED) is 0.927. The Balaban J connectivity index is 2.12. The highest BCUT2D eigenvalue weighted by atomic mass is 32.2. The van der Waals surface area contributed by atoms with Gasteiger partial charge in [-0.3, -0.25) is 4.79 Å². The average Bonchev–Trinajstić information content (AvgIpc) is 2.98. The predicted octanol–water partition coefficient (Wildman–Crippen LogP) is 3.76. The van der Waals surface area contributed by atoms with E-state index in [1.807, 2.05) is 32.0 Å². The van der Waals surface area contributed by atoms with Gasteiger partial charge in [0.15, 0.2) is 0 Å². The van der Waals surface area contributed by atoms with Gasteiger partial charge in [0.2, 0.25) is 5.91 Å². The van der Waals surface area contributed by atoms with Crippen LogP contribution in [0.5, 0.6) is 5.75 Å². The van der Waals surface area contributed by atoms with Crippen LogP contribution >= 0.6 is 23.1 Å². The second kappa shape index (κ2) is 5.13. The molecule has 1 fully saturated rings. The minimum Gasteiger partial charge on any atom is -0.497 e. The van der Waals surface area contributed by atoms with Crippen molar-refractivity contribution < 1.29 is 9.53 Å². The second-order valence-corrected chi connectivity index (χ2v) is 9.21. The van der Waals surface area contributed by atoms with E-state index in [4.69, 9.17) is 9.72 Å². The van der Waals surface area contributed by atoms with Gasteiger partial charge in [0, 0.05) is 0 Å². The van der Waals surface area contributed by atoms with Crippen molar-refractivity contribution >= 4 is 39.2 Å². The molecule has 3 rings (SSSR count). The van der Waals surface area contributed by atoms with Crippen LogP contribution in [0, 0.1) is 5.92 Å². The summed E-state index contributed by atoms with van der Waals surface area (Å²) >= 11 is 3.29. The zero-order valence-corrected chi connectivity index (χ0v) is 15.0. The average molecular weight is 336 g/mol. The first-order chi connectivity index (χ1) is 10.3. The fourth-order valence-corrected chi connectivity index (χ4v) is 5.49. The van der Waals surface area contributed by atoms with Crippen LogP contribution in [0.1, 0.15) is 32.7 Å². The summed E-state index contributed by atoms with van der Waals surface area (Å²) in [6.45, 7) is 8.18. The summed E-state index contributed by atoms with van der Waals surface area (Å²) < 4.78 is 5.92. The first-order valence-electron chi connectivity index (χ1n) is 7.26. The number of amides is 1. The van der Waals surface area contributed by atoms with Crippen LogP contribution in [0.4, 0.5) is 0 Å². The van der Waals surface area contributed by atoms with Crippen molar-refractivity contribution in [1.29, 1.82) is 0 Å². The van der Waals surface area contributed by atoms with Crippen molar-refractivity contribution in [2.24, 2.45) is 5.92 Å². The molecule has 118 valence electrons. The second-order valence-electron chi connectivity index (χ2n) is 6.31. The van der Waals surface area contributed by atoms with E-state index in [-0.39, 0.29) is 11.8 Å². The Kier molecular flexibility index (Phi) is 3.64. The molecule has 2 aromatic rings. The van der Waals surface area contributed by atoms with Crippen molar-refractivity contribution in [3.05, 3.63) is 23.2 Å². The van der Waals surface area contributed by atoms with Crippen LogP contribution in [0.2, 0.25) is 0 Å². The minimum atomic E-state index is -0.461. The SMILES string of the molecule is COc1ccc2nc([C@@]3(C(C)C)NC(=O)C(C)(C)S3)sc2c1. The van der Waals surface area contributed by atoms with Crippen LogP contribution in [-0.4, -0.2) is 22.7 Å². The predicted molar refractivity (Wildman–Crippen MR) is 92.5 cm³/mol. The third kappa shape index (κ3) is 2.29. The number of methoxy groups -OCH3 is 1. The van der Waals surface area contributed by atoms with E-state index in [2.05, 4.69) is 19.2 Å². The number of thiazole rings is 1. The molecule has 1 aromatic carbocycles. The fourth-order valence-electron chi connectivity index (χ4n) is 2.59. The van der Waals surface area contributed by atoms with E-state index in [9.17, 15) is 4.79 Å². The molecular formula is C16H20N2O2S2. The van der Waals surface area contributed by atoms with Gasteiger partial charge in [-0.2, -0.15) is 0 Å². The van der Waals surface area contributed by atoms with E-state index in [1.165, 1.54) is 0 Å². The van der Waals surface area contributed by atoms with Gasteiger partial charge in [-0.15, -0.1) is 23.1 Å². The van der Waals surface area contributed by atoms with Crippen molar-refractivity contribution in [2.75, 3.05) is 7.11 Å². The Morgan fingerprint density at radius 1 is 1.32 bits per heavy atom. The zero-order valence-electron chi connectivity index (χ0n) is 13.4. The highest BCUT2D eigenvalue weighted by molar-refractivity contribution is 8.02. The molecule has 1 atom stereocenters. The van der Waals surface area contributed by atoms with Crippen LogP contribution in [0.3, 0.4) is 0 Å². The number of hydrogen-bond acceptors (Lipinski definition) is 5. The van der Waals surface area contributed by atoms with E-state index in [0.29, 0.717) is 0 Å². The number of benzene rings is 1. The molecule has 1 aromatic heterocycles. The lowest BCUT2D eigenvalue weighted by molar-refractivity contribution is -0.122. The Bertz CT molecular complexity index is 739. The van der Waals surface area contributed by atoms with E-state index in [1.54, 1.807) is 30.2 Å². The highest BCUT2D eigenvalue weighted by Crippen LogP contribution is 2.53. The summed E-state index contributed by atoms with van der Waals surface area (Å²) in [5, 5.41) is 4.16. The first kappa shape index (κ1) is 15.6. The lowest BCUT2D eigenvalue weighted by Gasteiger charge is -2.31. The molecule has 0 spiro atoms. The Morgan fingerprint density at radius 3 is 2.59 bits per heavy atom. The van der Waals surface area contributed by atoms with Crippen molar-refractivity contribution in [3.63, 3.8) is 0 Å². The maximum absolute atomic E-state index is 12.3. The number of thioether (sulfide) groups is 1. The number of carbonyl (C=O) groups is 1. The van der Waals surface area contributed by atoms with Gasteiger partial charge in [-0.05, 0) is 38.0 Å². The molecule has 1 aliphatic rings. The molecule has 1 amide bonds. The van der Waals surface area contributed by atoms with E-state index in [0.717, 1.165) is 21.0 Å². The molecule has 1 aliphatic heterocycles. The molecule has 0 bridgehead atoms. The lowest BCUT2D eigenvalue weighted by atomic mass is 10.0. The largest absolute Gasteiger partial charge is 0.497 e. The van der Waals surface area contributed by atoms with Crippen molar-refractivity contribution in [1.82, 2.24) is 10.3 Å². The number of nitrogens with one attached hydrogen (secondary N) is 1. The summed E-state index contributed by atoms with van der Waals surface area (Å²) in [5.74, 6) is 1.14. The summed E-state index contributed by atoms with van der Waals surface area (Å²) in [4.78, 5) is 16.7. The van der Waals surface area contributed by atoms with Gasteiger partial charge < -0.3 is 10.1 Å². The summed E-state index contributed by atoms with van der Waals surface area (Å²) in [6, 6.07) is 5.88. The summed E-state index contributed by atoms with van der Waals surface area (Å²) in [7, 11) is 1.66. The van der Waals surface area contributed by atoms with E-state index >= 15 is 0 Å². The number of rotatable bonds is 3. The standard InChI is InChI=1S/C16H20N2O2S2/c1-9(2)16(18-13(19)15(3,4)22-16)14-17-11-7-6-10(20-5)8-12(11)21-14/h6-9H,1-5H3,(H,18,19)/t16-/m0/s1.